The fourth-order valence-electron chi connectivity index (χ4n) is 2.56. The first-order valence-corrected chi connectivity index (χ1v) is 6.00. The van der Waals surface area contributed by atoms with Crippen LogP contribution in [-0.4, -0.2) is 31.3 Å². The van der Waals surface area contributed by atoms with Crippen molar-refractivity contribution < 1.29 is 9.53 Å². The first-order valence-electron chi connectivity index (χ1n) is 6.00. The molecular weight excluding hydrogens is 204 g/mol. The van der Waals surface area contributed by atoms with Crippen LogP contribution >= 0.6 is 0 Å². The molecule has 2 aliphatic rings. The Morgan fingerprint density at radius 2 is 1.81 bits per heavy atom. The molecule has 1 aliphatic heterocycles. The van der Waals surface area contributed by atoms with Crippen molar-refractivity contribution in [3.63, 3.8) is 0 Å². The van der Waals surface area contributed by atoms with Crippen molar-refractivity contribution in [1.29, 1.82) is 0 Å². The fraction of sp³-hybridized carbons (Fsp3) is 0.917. The van der Waals surface area contributed by atoms with E-state index in [2.05, 4.69) is 38.3 Å². The van der Waals surface area contributed by atoms with Crippen LogP contribution in [0.25, 0.3) is 0 Å². The molecule has 0 aromatic carbocycles. The number of rotatable bonds is 2. The lowest BCUT2D eigenvalue weighted by atomic mass is 10.0. The largest absolute Gasteiger partial charge is 0.379 e. The van der Waals surface area contributed by atoms with Crippen LogP contribution in [0.5, 0.6) is 0 Å². The summed E-state index contributed by atoms with van der Waals surface area (Å²) < 4.78 is 5.22. The zero-order chi connectivity index (χ0) is 12.0. The monoisotopic (exact) mass is 226 g/mol. The molecule has 92 valence electrons. The molecular formula is C12H22N2O2. The third-order valence-electron chi connectivity index (χ3n) is 4.56. The molecule has 4 heteroatoms. The van der Waals surface area contributed by atoms with E-state index in [1.165, 1.54) is 0 Å². The van der Waals surface area contributed by atoms with Crippen LogP contribution in [0.2, 0.25) is 0 Å². The lowest BCUT2D eigenvalue weighted by molar-refractivity contribution is 0.188. The molecule has 1 saturated heterocycles. The van der Waals surface area contributed by atoms with Crippen LogP contribution in [-0.2, 0) is 4.74 Å². The number of nitrogens with one attached hydrogen (secondary N) is 2. The summed E-state index contributed by atoms with van der Waals surface area (Å²) in [7, 11) is 0. The predicted octanol–water partition coefficient (Wildman–Crippen LogP) is 1.51. The van der Waals surface area contributed by atoms with Crippen LogP contribution < -0.4 is 10.6 Å². The number of hydrogen-bond donors (Lipinski definition) is 2. The van der Waals surface area contributed by atoms with E-state index in [4.69, 9.17) is 4.74 Å². The average Bonchev–Trinajstić information content (AvgIpc) is 2.63. The van der Waals surface area contributed by atoms with Crippen molar-refractivity contribution in [3.8, 4) is 0 Å². The van der Waals surface area contributed by atoms with Crippen molar-refractivity contribution in [1.82, 2.24) is 10.6 Å². The summed E-state index contributed by atoms with van der Waals surface area (Å²) >= 11 is 0. The Kier molecular flexibility index (Phi) is 2.65. The van der Waals surface area contributed by atoms with Gasteiger partial charge >= 0.3 is 6.03 Å². The molecule has 16 heavy (non-hydrogen) atoms. The maximum absolute atomic E-state index is 11.7. The normalized spacial score (nSPS) is 31.1. The molecule has 1 aliphatic carbocycles. The number of hydrogen-bond acceptors (Lipinski definition) is 2. The molecule has 4 nitrogen and oxygen atoms in total. The standard InChI is InChI=1S/C12H22N2O2/c1-11(2)9(12(11,3)4)14-10(15)13-8-5-6-16-7-8/h8-9H,5-7H2,1-4H3,(H2,13,14,15). The third-order valence-corrected chi connectivity index (χ3v) is 4.56. The van der Waals surface area contributed by atoms with Crippen LogP contribution in [0.1, 0.15) is 34.1 Å². The summed E-state index contributed by atoms with van der Waals surface area (Å²) in [5.41, 5.74) is 0.382. The molecule has 1 unspecified atom stereocenters. The highest BCUT2D eigenvalue weighted by Crippen LogP contribution is 2.62. The van der Waals surface area contributed by atoms with Gasteiger partial charge in [-0.05, 0) is 17.3 Å². The second-order valence-corrected chi connectivity index (χ2v) is 6.05. The van der Waals surface area contributed by atoms with Gasteiger partial charge in [-0.25, -0.2) is 4.79 Å². The Morgan fingerprint density at radius 3 is 2.25 bits per heavy atom. The van der Waals surface area contributed by atoms with Gasteiger partial charge in [-0.3, -0.25) is 0 Å². The van der Waals surface area contributed by atoms with Gasteiger partial charge < -0.3 is 15.4 Å². The molecule has 1 saturated carbocycles. The first kappa shape index (κ1) is 11.7. The molecule has 1 atom stereocenters. The second kappa shape index (κ2) is 3.62. The molecule has 2 rings (SSSR count). The van der Waals surface area contributed by atoms with E-state index in [0.29, 0.717) is 6.61 Å². The van der Waals surface area contributed by atoms with E-state index in [9.17, 15) is 4.79 Å². The summed E-state index contributed by atoms with van der Waals surface area (Å²) in [5, 5.41) is 6.01. The summed E-state index contributed by atoms with van der Waals surface area (Å²) in [6.45, 7) is 10.2. The van der Waals surface area contributed by atoms with Gasteiger partial charge in [0.05, 0.1) is 12.6 Å². The van der Waals surface area contributed by atoms with Gasteiger partial charge in [-0.1, -0.05) is 27.7 Å². The number of amides is 2. The molecule has 0 radical (unpaired) electrons. The lowest BCUT2D eigenvalue weighted by Crippen LogP contribution is -2.44. The summed E-state index contributed by atoms with van der Waals surface area (Å²) in [4.78, 5) is 11.7. The molecule has 0 spiro atoms. The quantitative estimate of drug-likeness (QED) is 0.750. The molecule has 0 aromatic heterocycles. The topological polar surface area (TPSA) is 50.4 Å². The van der Waals surface area contributed by atoms with Crippen LogP contribution in [0.15, 0.2) is 0 Å². The Morgan fingerprint density at radius 1 is 1.19 bits per heavy atom. The Bertz CT molecular complexity index is 279. The minimum Gasteiger partial charge on any atom is -0.379 e. The highest BCUT2D eigenvalue weighted by Gasteiger charge is 2.65. The van der Waals surface area contributed by atoms with Crippen LogP contribution in [0.3, 0.4) is 0 Å². The first-order chi connectivity index (χ1) is 7.35. The highest BCUT2D eigenvalue weighted by atomic mass is 16.5. The number of ether oxygens (including phenoxy) is 1. The van der Waals surface area contributed by atoms with Gasteiger partial charge in [0, 0.05) is 12.6 Å². The van der Waals surface area contributed by atoms with E-state index in [1.54, 1.807) is 0 Å². The Labute approximate surface area is 97.1 Å². The van der Waals surface area contributed by atoms with Gasteiger partial charge in [-0.15, -0.1) is 0 Å². The van der Waals surface area contributed by atoms with Crippen molar-refractivity contribution in [2.24, 2.45) is 10.8 Å². The average molecular weight is 226 g/mol. The lowest BCUT2D eigenvalue weighted by Gasteiger charge is -2.12. The third kappa shape index (κ3) is 1.79. The van der Waals surface area contributed by atoms with E-state index < -0.39 is 0 Å². The van der Waals surface area contributed by atoms with E-state index in [0.717, 1.165) is 13.0 Å². The van der Waals surface area contributed by atoms with Crippen LogP contribution in [0.4, 0.5) is 4.79 Å². The maximum atomic E-state index is 11.7. The van der Waals surface area contributed by atoms with Gasteiger partial charge in [-0.2, -0.15) is 0 Å². The van der Waals surface area contributed by atoms with Gasteiger partial charge in [0.1, 0.15) is 0 Å². The van der Waals surface area contributed by atoms with Gasteiger partial charge in [0.15, 0.2) is 0 Å². The summed E-state index contributed by atoms with van der Waals surface area (Å²) in [6, 6.07) is 0.395. The summed E-state index contributed by atoms with van der Waals surface area (Å²) in [6.07, 6.45) is 0.922. The number of carbonyl (C=O) groups is 1. The molecule has 2 amide bonds. The Balaban J connectivity index is 1.80. The SMILES string of the molecule is CC1(C)C(NC(=O)NC2CCOC2)C1(C)C. The van der Waals surface area contributed by atoms with Crippen molar-refractivity contribution in [3.05, 3.63) is 0 Å². The Hall–Kier alpha value is -0.770. The second-order valence-electron chi connectivity index (χ2n) is 6.05. The molecule has 2 fully saturated rings. The van der Waals surface area contributed by atoms with E-state index in [-0.39, 0.29) is 28.9 Å². The van der Waals surface area contributed by atoms with Gasteiger partial charge in [0.2, 0.25) is 0 Å². The van der Waals surface area contributed by atoms with Crippen molar-refractivity contribution in [2.45, 2.75) is 46.2 Å². The smallest absolute Gasteiger partial charge is 0.315 e. The van der Waals surface area contributed by atoms with Crippen molar-refractivity contribution >= 4 is 6.03 Å². The van der Waals surface area contributed by atoms with Gasteiger partial charge in [0.25, 0.3) is 0 Å². The van der Waals surface area contributed by atoms with E-state index >= 15 is 0 Å². The van der Waals surface area contributed by atoms with Crippen molar-refractivity contribution in [2.75, 3.05) is 13.2 Å². The maximum Gasteiger partial charge on any atom is 0.315 e. The fourth-order valence-corrected chi connectivity index (χ4v) is 2.56. The van der Waals surface area contributed by atoms with E-state index in [1.807, 2.05) is 0 Å². The number of carbonyl (C=O) groups excluding carboxylic acids is 1. The highest BCUT2D eigenvalue weighted by molar-refractivity contribution is 5.75. The minimum atomic E-state index is -0.0563. The summed E-state index contributed by atoms with van der Waals surface area (Å²) in [5.74, 6) is 0. The zero-order valence-corrected chi connectivity index (χ0v) is 10.6. The predicted molar refractivity (Wildman–Crippen MR) is 62.2 cm³/mol. The zero-order valence-electron chi connectivity index (χ0n) is 10.6. The molecule has 0 bridgehead atoms. The molecule has 1 heterocycles. The molecule has 0 aromatic rings. The number of urea groups is 1. The molecule has 2 N–H and O–H groups in total. The van der Waals surface area contributed by atoms with Crippen LogP contribution in [0, 0.1) is 10.8 Å². The minimum absolute atomic E-state index is 0.0563.